The van der Waals surface area contributed by atoms with E-state index in [-0.39, 0.29) is 24.8 Å². The lowest BCUT2D eigenvalue weighted by Crippen LogP contribution is -2.33. The molecule has 0 aliphatic heterocycles. The van der Waals surface area contributed by atoms with Crippen LogP contribution in [-0.4, -0.2) is 42.7 Å². The van der Waals surface area contributed by atoms with Crippen LogP contribution >= 0.6 is 0 Å². The molecule has 36 heavy (non-hydrogen) atoms. The molecule has 1 atom stereocenters. The highest BCUT2D eigenvalue weighted by Gasteiger charge is 2.28. The zero-order chi connectivity index (χ0) is 25.7. The molecular formula is C26H32N6O4. The van der Waals surface area contributed by atoms with Gasteiger partial charge in [-0.2, -0.15) is 0 Å². The van der Waals surface area contributed by atoms with Crippen molar-refractivity contribution in [1.82, 2.24) is 30.1 Å². The number of aromatic amines is 1. The number of rotatable bonds is 11. The molecule has 0 saturated heterocycles. The quantitative estimate of drug-likeness (QED) is 0.314. The number of fused-ring (bicyclic) bond motifs is 1. The SMILES string of the molecule is CCC[C@@H](c1nnnn1CC(=O)OCC)N(Cc1ccco1)Cc1cc2c(C)cc(C)cc2[nH]c1=O. The number of nitrogens with zero attached hydrogens (tertiary/aromatic N) is 5. The Bertz CT molecular complexity index is 1380. The Morgan fingerprint density at radius 2 is 2.06 bits per heavy atom. The van der Waals surface area contributed by atoms with Crippen LogP contribution in [0.2, 0.25) is 0 Å². The summed E-state index contributed by atoms with van der Waals surface area (Å²) < 4.78 is 12.2. The van der Waals surface area contributed by atoms with Gasteiger partial charge in [-0.25, -0.2) is 4.68 Å². The molecule has 0 spiro atoms. The molecule has 4 aromatic rings. The zero-order valence-corrected chi connectivity index (χ0v) is 21.2. The third-order valence-corrected chi connectivity index (χ3v) is 6.15. The largest absolute Gasteiger partial charge is 0.468 e. The van der Waals surface area contributed by atoms with Crippen LogP contribution in [0.1, 0.15) is 61.0 Å². The van der Waals surface area contributed by atoms with Crippen LogP contribution in [0.15, 0.2) is 45.8 Å². The van der Waals surface area contributed by atoms with Crippen LogP contribution < -0.4 is 5.56 Å². The van der Waals surface area contributed by atoms with Crippen LogP contribution in [0, 0.1) is 13.8 Å². The standard InChI is InChI=1S/C26H32N6O4/c1-5-8-23(25-28-29-30-32(25)16-24(33)35-6-2)31(15-20-9-7-10-36-20)14-19-13-21-18(4)11-17(3)12-22(21)27-26(19)34/h7,9-13,23H,5-6,8,14-16H2,1-4H3,(H,27,34)/t23-/m0/s1. The number of ether oxygens (including phenoxy) is 1. The second-order valence-electron chi connectivity index (χ2n) is 8.96. The Kier molecular flexibility index (Phi) is 7.94. The molecule has 10 heteroatoms. The van der Waals surface area contributed by atoms with E-state index in [4.69, 9.17) is 9.15 Å². The van der Waals surface area contributed by atoms with Gasteiger partial charge in [0.2, 0.25) is 0 Å². The molecule has 3 heterocycles. The predicted octanol–water partition coefficient (Wildman–Crippen LogP) is 3.83. The number of carbonyl (C=O) groups excluding carboxylic acids is 1. The molecule has 0 amide bonds. The fraction of sp³-hybridized carbons (Fsp3) is 0.423. The van der Waals surface area contributed by atoms with Gasteiger partial charge in [-0.1, -0.05) is 19.4 Å². The lowest BCUT2D eigenvalue weighted by molar-refractivity contribution is -0.144. The smallest absolute Gasteiger partial charge is 0.327 e. The average Bonchev–Trinajstić information content (AvgIpc) is 3.50. The monoisotopic (exact) mass is 492 g/mol. The number of esters is 1. The lowest BCUT2D eigenvalue weighted by Gasteiger charge is -2.30. The summed E-state index contributed by atoms with van der Waals surface area (Å²) in [5, 5.41) is 13.2. The third-order valence-electron chi connectivity index (χ3n) is 6.15. The van der Waals surface area contributed by atoms with E-state index in [9.17, 15) is 9.59 Å². The summed E-state index contributed by atoms with van der Waals surface area (Å²) in [7, 11) is 0. The lowest BCUT2D eigenvalue weighted by atomic mass is 10.0. The Morgan fingerprint density at radius 3 is 2.78 bits per heavy atom. The van der Waals surface area contributed by atoms with Crippen molar-refractivity contribution in [1.29, 1.82) is 0 Å². The molecule has 0 aliphatic rings. The molecule has 0 radical (unpaired) electrons. The van der Waals surface area contributed by atoms with Crippen LogP contribution in [0.3, 0.4) is 0 Å². The van der Waals surface area contributed by atoms with Crippen molar-refractivity contribution in [2.75, 3.05) is 6.61 Å². The Labute approximate surface area is 209 Å². The van der Waals surface area contributed by atoms with Crippen molar-refractivity contribution >= 4 is 16.9 Å². The number of hydrogen-bond donors (Lipinski definition) is 1. The molecule has 0 fully saturated rings. The van der Waals surface area contributed by atoms with Gasteiger partial charge in [0, 0.05) is 23.0 Å². The van der Waals surface area contributed by atoms with E-state index in [0.717, 1.165) is 34.2 Å². The summed E-state index contributed by atoms with van der Waals surface area (Å²) >= 11 is 0. The first-order valence-electron chi connectivity index (χ1n) is 12.2. The first-order chi connectivity index (χ1) is 17.4. The second kappa shape index (κ2) is 11.3. The molecule has 190 valence electrons. The Hall–Kier alpha value is -3.79. The average molecular weight is 493 g/mol. The first kappa shape index (κ1) is 25.3. The summed E-state index contributed by atoms with van der Waals surface area (Å²) in [6, 6.07) is 9.52. The third kappa shape index (κ3) is 5.71. The molecule has 1 N–H and O–H groups in total. The number of tetrazole rings is 1. The minimum absolute atomic E-state index is 0.0833. The van der Waals surface area contributed by atoms with Gasteiger partial charge < -0.3 is 14.1 Å². The number of aromatic nitrogens is 5. The number of aryl methyl sites for hydroxylation is 2. The molecular weight excluding hydrogens is 460 g/mol. The fourth-order valence-corrected chi connectivity index (χ4v) is 4.57. The van der Waals surface area contributed by atoms with E-state index in [2.05, 4.69) is 38.4 Å². The number of nitrogens with one attached hydrogen (secondary N) is 1. The number of furan rings is 1. The van der Waals surface area contributed by atoms with Crippen molar-refractivity contribution in [3.05, 3.63) is 75.2 Å². The summed E-state index contributed by atoms with van der Waals surface area (Å²) in [6.45, 7) is 8.87. The summed E-state index contributed by atoms with van der Waals surface area (Å²) in [5.74, 6) is 0.889. The molecule has 3 aromatic heterocycles. The van der Waals surface area contributed by atoms with E-state index in [1.807, 2.05) is 38.1 Å². The van der Waals surface area contributed by atoms with Crippen LogP contribution in [0.4, 0.5) is 0 Å². The van der Waals surface area contributed by atoms with Gasteiger partial charge in [0.1, 0.15) is 12.3 Å². The van der Waals surface area contributed by atoms with Crippen LogP contribution in [0.25, 0.3) is 10.9 Å². The number of pyridine rings is 1. The minimum atomic E-state index is -0.407. The van der Waals surface area contributed by atoms with Crippen molar-refractivity contribution in [3.8, 4) is 0 Å². The highest BCUT2D eigenvalue weighted by Crippen LogP contribution is 2.28. The molecule has 10 nitrogen and oxygen atoms in total. The highest BCUT2D eigenvalue weighted by atomic mass is 16.5. The van der Waals surface area contributed by atoms with Gasteiger partial charge in [0.25, 0.3) is 5.56 Å². The number of hydrogen-bond acceptors (Lipinski definition) is 8. The van der Waals surface area contributed by atoms with Crippen molar-refractivity contribution in [2.45, 2.75) is 66.2 Å². The zero-order valence-electron chi connectivity index (χ0n) is 21.2. The number of carbonyl (C=O) groups is 1. The summed E-state index contributed by atoms with van der Waals surface area (Å²) in [6.07, 6.45) is 3.19. The van der Waals surface area contributed by atoms with Crippen molar-refractivity contribution in [2.24, 2.45) is 0 Å². The molecule has 0 unspecified atom stereocenters. The molecule has 0 bridgehead atoms. The van der Waals surface area contributed by atoms with E-state index in [1.165, 1.54) is 4.68 Å². The normalized spacial score (nSPS) is 12.4. The first-order valence-corrected chi connectivity index (χ1v) is 12.2. The van der Waals surface area contributed by atoms with Gasteiger partial charge in [-0.15, -0.1) is 5.10 Å². The van der Waals surface area contributed by atoms with Gasteiger partial charge in [-0.05, 0) is 73.0 Å². The Morgan fingerprint density at radius 1 is 1.22 bits per heavy atom. The van der Waals surface area contributed by atoms with Gasteiger partial charge in [0.15, 0.2) is 5.82 Å². The van der Waals surface area contributed by atoms with E-state index >= 15 is 0 Å². The Balaban J connectivity index is 1.74. The predicted molar refractivity (Wildman–Crippen MR) is 134 cm³/mol. The number of H-pyrrole nitrogens is 1. The molecule has 0 aliphatic carbocycles. The highest BCUT2D eigenvalue weighted by molar-refractivity contribution is 5.83. The topological polar surface area (TPSA) is 119 Å². The fourth-order valence-electron chi connectivity index (χ4n) is 4.57. The minimum Gasteiger partial charge on any atom is -0.468 e. The molecule has 1 aromatic carbocycles. The van der Waals surface area contributed by atoms with E-state index in [0.29, 0.717) is 30.9 Å². The van der Waals surface area contributed by atoms with E-state index in [1.54, 1.807) is 13.2 Å². The van der Waals surface area contributed by atoms with Gasteiger partial charge in [-0.3, -0.25) is 14.5 Å². The van der Waals surface area contributed by atoms with Gasteiger partial charge >= 0.3 is 5.97 Å². The van der Waals surface area contributed by atoms with Crippen molar-refractivity contribution < 1.29 is 13.9 Å². The van der Waals surface area contributed by atoms with Crippen LogP contribution in [-0.2, 0) is 29.2 Å². The maximum absolute atomic E-state index is 13.1. The maximum atomic E-state index is 13.1. The van der Waals surface area contributed by atoms with Gasteiger partial charge in [0.05, 0.1) is 25.5 Å². The van der Waals surface area contributed by atoms with E-state index < -0.39 is 5.97 Å². The van der Waals surface area contributed by atoms with Crippen LogP contribution in [0.5, 0.6) is 0 Å². The van der Waals surface area contributed by atoms with Crippen molar-refractivity contribution in [3.63, 3.8) is 0 Å². The maximum Gasteiger partial charge on any atom is 0.327 e. The summed E-state index contributed by atoms with van der Waals surface area (Å²) in [5.41, 5.74) is 3.51. The number of benzene rings is 1. The second-order valence-corrected chi connectivity index (χ2v) is 8.96. The molecule has 0 saturated carbocycles. The molecule has 4 rings (SSSR count). The summed E-state index contributed by atoms with van der Waals surface area (Å²) in [4.78, 5) is 30.5.